The lowest BCUT2D eigenvalue weighted by Gasteiger charge is -2.46. The Kier molecular flexibility index (Phi) is 4.29. The average molecular weight is 296 g/mol. The molecule has 0 aromatic heterocycles. The van der Waals surface area contributed by atoms with Gasteiger partial charge >= 0.3 is 7.67 Å². The van der Waals surface area contributed by atoms with Gasteiger partial charge in [-0.15, -0.1) is 0 Å². The quantitative estimate of drug-likeness (QED) is 0.776. The Hall–Kier alpha value is -0.830. The molecule has 2 atom stereocenters. The summed E-state index contributed by atoms with van der Waals surface area (Å²) in [6.07, 6.45) is 0. The molecule has 20 heavy (non-hydrogen) atoms. The van der Waals surface area contributed by atoms with Crippen LogP contribution in [0.4, 0.5) is 5.69 Å². The second kappa shape index (κ2) is 5.51. The molecule has 0 saturated carbocycles. The van der Waals surface area contributed by atoms with Gasteiger partial charge in [-0.2, -0.15) is 0 Å². The first-order chi connectivity index (χ1) is 9.25. The highest BCUT2D eigenvalue weighted by Crippen LogP contribution is 2.58. The summed E-state index contributed by atoms with van der Waals surface area (Å²) in [5.41, 5.74) is 1.09. The van der Waals surface area contributed by atoms with E-state index in [9.17, 15) is 4.57 Å². The van der Waals surface area contributed by atoms with E-state index in [2.05, 4.69) is 20.8 Å². The summed E-state index contributed by atoms with van der Waals surface area (Å²) in [5, 5.41) is 0. The third-order valence-electron chi connectivity index (χ3n) is 3.93. The molecule has 1 fully saturated rings. The lowest BCUT2D eigenvalue weighted by Crippen LogP contribution is -2.44. The van der Waals surface area contributed by atoms with Crippen molar-refractivity contribution in [3.63, 3.8) is 0 Å². The zero-order valence-electron chi connectivity index (χ0n) is 13.0. The van der Waals surface area contributed by atoms with Crippen LogP contribution in [0.15, 0.2) is 30.3 Å². The molecule has 0 aliphatic carbocycles. The first kappa shape index (κ1) is 15.6. The number of benzene rings is 1. The van der Waals surface area contributed by atoms with Crippen molar-refractivity contribution >= 4 is 13.4 Å². The lowest BCUT2D eigenvalue weighted by molar-refractivity contribution is 0.126. The maximum Gasteiger partial charge on any atom is 0.370 e. The maximum absolute atomic E-state index is 13.2. The molecular weight excluding hydrogens is 271 g/mol. The minimum Gasteiger partial charge on any atom is -0.301 e. The Morgan fingerprint density at radius 3 is 2.35 bits per heavy atom. The van der Waals surface area contributed by atoms with Crippen molar-refractivity contribution in [2.45, 2.75) is 20.8 Å². The van der Waals surface area contributed by atoms with Gasteiger partial charge in [0.1, 0.15) is 0 Å². The predicted octanol–water partition coefficient (Wildman–Crippen LogP) is 3.86. The number of para-hydroxylation sites is 1. The molecule has 4 nitrogen and oxygen atoms in total. The number of anilines is 1. The number of rotatable bonds is 2. The highest BCUT2D eigenvalue weighted by molar-refractivity contribution is 7.58. The normalized spacial score (nSPS) is 27.9. The molecule has 2 rings (SSSR count). The fourth-order valence-corrected chi connectivity index (χ4v) is 4.33. The van der Waals surface area contributed by atoms with Gasteiger partial charge in [-0.3, -0.25) is 4.67 Å². The number of hydrogen-bond donors (Lipinski definition) is 0. The van der Waals surface area contributed by atoms with Crippen LogP contribution in [0.2, 0.25) is 0 Å². The molecule has 1 heterocycles. The Morgan fingerprint density at radius 2 is 1.85 bits per heavy atom. The van der Waals surface area contributed by atoms with E-state index in [0.29, 0.717) is 12.5 Å². The van der Waals surface area contributed by atoms with E-state index in [-0.39, 0.29) is 5.41 Å². The van der Waals surface area contributed by atoms with Gasteiger partial charge in [0.15, 0.2) is 0 Å². The minimum absolute atomic E-state index is 0.130. The SMILES string of the molecule is CN(C)[P@@]1(=O)OC[C@@H](C(C)(C)C)CN1c1ccccc1. The third kappa shape index (κ3) is 2.93. The minimum atomic E-state index is -2.96. The molecule has 0 unspecified atom stereocenters. The molecule has 1 aliphatic heterocycles. The average Bonchev–Trinajstić information content (AvgIpc) is 2.38. The van der Waals surface area contributed by atoms with Crippen LogP contribution in [0.1, 0.15) is 20.8 Å². The Morgan fingerprint density at radius 1 is 1.25 bits per heavy atom. The molecule has 0 amide bonds. The molecule has 1 aromatic rings. The molecule has 1 aliphatic rings. The molecule has 0 N–H and O–H groups in total. The summed E-state index contributed by atoms with van der Waals surface area (Å²) in [4.78, 5) is 0. The molecule has 112 valence electrons. The first-order valence-corrected chi connectivity index (χ1v) is 8.53. The number of nitrogens with zero attached hydrogens (tertiary/aromatic N) is 2. The highest BCUT2D eigenvalue weighted by Gasteiger charge is 2.43. The van der Waals surface area contributed by atoms with Crippen LogP contribution in [0.5, 0.6) is 0 Å². The molecule has 0 radical (unpaired) electrons. The van der Waals surface area contributed by atoms with Crippen LogP contribution >= 0.6 is 7.67 Å². The van der Waals surface area contributed by atoms with Crippen molar-refractivity contribution in [3.05, 3.63) is 30.3 Å². The Labute approximate surface area is 122 Å². The van der Waals surface area contributed by atoms with E-state index in [0.717, 1.165) is 12.2 Å². The third-order valence-corrected chi connectivity index (χ3v) is 6.43. The van der Waals surface area contributed by atoms with Gasteiger partial charge in [0.05, 0.1) is 6.61 Å². The van der Waals surface area contributed by atoms with Crippen molar-refractivity contribution in [1.82, 2.24) is 4.67 Å². The molecular formula is C15H25N2O2P. The molecule has 0 bridgehead atoms. The van der Waals surface area contributed by atoms with Crippen LogP contribution in [0, 0.1) is 11.3 Å². The van der Waals surface area contributed by atoms with Gasteiger partial charge in [-0.05, 0) is 31.6 Å². The maximum atomic E-state index is 13.2. The van der Waals surface area contributed by atoms with Gasteiger partial charge in [0.2, 0.25) is 0 Å². The van der Waals surface area contributed by atoms with Gasteiger partial charge in [-0.1, -0.05) is 39.0 Å². The number of hydrogen-bond acceptors (Lipinski definition) is 2. The summed E-state index contributed by atoms with van der Waals surface area (Å²) in [6, 6.07) is 9.89. The van der Waals surface area contributed by atoms with Crippen LogP contribution in [0.25, 0.3) is 0 Å². The van der Waals surface area contributed by atoms with Crippen LogP contribution in [-0.4, -0.2) is 31.9 Å². The summed E-state index contributed by atoms with van der Waals surface area (Å²) in [5.74, 6) is 0.352. The fraction of sp³-hybridized carbons (Fsp3) is 0.600. The van der Waals surface area contributed by atoms with E-state index >= 15 is 0 Å². The summed E-state index contributed by atoms with van der Waals surface area (Å²) < 4.78 is 22.7. The molecule has 5 heteroatoms. The van der Waals surface area contributed by atoms with Crippen LogP contribution < -0.4 is 4.67 Å². The van der Waals surface area contributed by atoms with Crippen molar-refractivity contribution < 1.29 is 9.09 Å². The smallest absolute Gasteiger partial charge is 0.301 e. The summed E-state index contributed by atoms with van der Waals surface area (Å²) >= 11 is 0. The van der Waals surface area contributed by atoms with E-state index < -0.39 is 7.67 Å². The second-order valence-corrected chi connectivity index (χ2v) is 9.14. The monoisotopic (exact) mass is 296 g/mol. The van der Waals surface area contributed by atoms with Gasteiger partial charge < -0.3 is 4.52 Å². The first-order valence-electron chi connectivity index (χ1n) is 7.00. The summed E-state index contributed by atoms with van der Waals surface area (Å²) in [6.45, 7) is 7.91. The molecule has 1 saturated heterocycles. The van der Waals surface area contributed by atoms with E-state index in [4.69, 9.17) is 4.52 Å². The zero-order chi connectivity index (χ0) is 15.0. The Bertz CT molecular complexity index is 496. The molecule has 1 aromatic carbocycles. The van der Waals surface area contributed by atoms with Crippen molar-refractivity contribution in [3.8, 4) is 0 Å². The van der Waals surface area contributed by atoms with Gasteiger partial charge in [-0.25, -0.2) is 9.24 Å². The van der Waals surface area contributed by atoms with Crippen molar-refractivity contribution in [1.29, 1.82) is 0 Å². The zero-order valence-corrected chi connectivity index (χ0v) is 13.9. The second-order valence-electron chi connectivity index (χ2n) is 6.61. The summed E-state index contributed by atoms with van der Waals surface area (Å²) in [7, 11) is 0.670. The van der Waals surface area contributed by atoms with Gasteiger partial charge in [0, 0.05) is 18.2 Å². The van der Waals surface area contributed by atoms with Crippen molar-refractivity contribution in [2.24, 2.45) is 11.3 Å². The largest absolute Gasteiger partial charge is 0.370 e. The molecule has 0 spiro atoms. The Balaban J connectivity index is 2.37. The van der Waals surface area contributed by atoms with E-state index in [1.165, 1.54) is 0 Å². The topological polar surface area (TPSA) is 32.8 Å². The van der Waals surface area contributed by atoms with Crippen LogP contribution in [0.3, 0.4) is 0 Å². The van der Waals surface area contributed by atoms with Gasteiger partial charge in [0.25, 0.3) is 0 Å². The highest BCUT2D eigenvalue weighted by atomic mass is 31.2. The predicted molar refractivity (Wildman–Crippen MR) is 84.0 cm³/mol. The van der Waals surface area contributed by atoms with E-state index in [1.54, 1.807) is 4.67 Å². The lowest BCUT2D eigenvalue weighted by atomic mass is 9.81. The van der Waals surface area contributed by atoms with Crippen molar-refractivity contribution in [2.75, 3.05) is 31.9 Å². The van der Waals surface area contributed by atoms with Crippen LogP contribution in [-0.2, 0) is 9.09 Å². The fourth-order valence-electron chi connectivity index (χ4n) is 2.33. The standard InChI is InChI=1S/C15H25N2O2P/c1-15(2,3)13-11-17(14-9-7-6-8-10-14)20(18,16(4)5)19-12-13/h6-10,13H,11-12H2,1-5H3/t13-,20+/m0/s1. The van der Waals surface area contributed by atoms with E-state index in [1.807, 2.05) is 49.1 Å².